The molecule has 33 heavy (non-hydrogen) atoms. The number of fused-ring (bicyclic) bond motifs is 1. The van der Waals surface area contributed by atoms with Crippen molar-refractivity contribution in [2.45, 2.75) is 25.7 Å². The van der Waals surface area contributed by atoms with Gasteiger partial charge in [-0.2, -0.15) is 9.40 Å². The summed E-state index contributed by atoms with van der Waals surface area (Å²) in [6.07, 6.45) is 0. The number of aromatic nitrogens is 5. The maximum absolute atomic E-state index is 13.2. The molecule has 172 valence electrons. The zero-order chi connectivity index (χ0) is 23.3. The van der Waals surface area contributed by atoms with Gasteiger partial charge in [0.15, 0.2) is 11.4 Å². The van der Waals surface area contributed by atoms with Crippen LogP contribution in [0.25, 0.3) is 16.9 Å². The van der Waals surface area contributed by atoms with Gasteiger partial charge in [0.2, 0.25) is 10.0 Å². The Morgan fingerprint density at radius 1 is 0.970 bits per heavy atom. The van der Waals surface area contributed by atoms with Crippen molar-refractivity contribution in [1.29, 1.82) is 0 Å². The second-order valence-corrected chi connectivity index (χ2v) is 9.97. The molecule has 0 spiro atoms. The lowest BCUT2D eigenvalue weighted by molar-refractivity contribution is 0.383. The minimum Gasteiger partial charge on any atom is -0.408 e. The molecule has 11 nitrogen and oxygen atoms in total. The van der Waals surface area contributed by atoms with Gasteiger partial charge in [-0.15, -0.1) is 0 Å². The van der Waals surface area contributed by atoms with E-state index in [1.807, 2.05) is 37.8 Å². The van der Waals surface area contributed by atoms with Gasteiger partial charge in [-0.3, -0.25) is 4.98 Å². The lowest BCUT2D eigenvalue weighted by atomic mass is 10.3. The second kappa shape index (κ2) is 7.81. The summed E-state index contributed by atoms with van der Waals surface area (Å²) in [5.74, 6) is 1.42. The summed E-state index contributed by atoms with van der Waals surface area (Å²) in [5, 5.41) is 4.50. The number of H-pyrrole nitrogens is 1. The quantitative estimate of drug-likeness (QED) is 0.476. The maximum atomic E-state index is 13.2. The van der Waals surface area contributed by atoms with Crippen LogP contribution in [-0.2, 0) is 10.0 Å². The molecular formula is C21H23N7O4S. The topological polar surface area (TPSA) is 130 Å². The highest BCUT2D eigenvalue weighted by Gasteiger charge is 2.29. The van der Waals surface area contributed by atoms with E-state index in [1.54, 1.807) is 4.68 Å². The van der Waals surface area contributed by atoms with Crippen LogP contribution in [-0.4, -0.2) is 63.6 Å². The van der Waals surface area contributed by atoms with E-state index in [0.717, 1.165) is 17.2 Å². The van der Waals surface area contributed by atoms with E-state index in [1.165, 1.54) is 22.5 Å². The SMILES string of the molecule is Cc1cc(C)n(-c2cc(N3CCN(S(=O)(=O)c4ccc5oc(=O)[nH]c5c4)CC3)nc(C)n2)n1. The van der Waals surface area contributed by atoms with Crippen LogP contribution in [0, 0.1) is 20.8 Å². The number of aromatic amines is 1. The monoisotopic (exact) mass is 469 g/mol. The highest BCUT2D eigenvalue weighted by molar-refractivity contribution is 7.89. The van der Waals surface area contributed by atoms with Gasteiger partial charge in [0, 0.05) is 37.9 Å². The van der Waals surface area contributed by atoms with E-state index >= 15 is 0 Å². The third-order valence-electron chi connectivity index (χ3n) is 5.63. The van der Waals surface area contributed by atoms with E-state index in [0.29, 0.717) is 48.9 Å². The first-order valence-corrected chi connectivity index (χ1v) is 11.9. The molecule has 1 N–H and O–H groups in total. The first-order valence-electron chi connectivity index (χ1n) is 10.5. The van der Waals surface area contributed by atoms with Crippen LogP contribution in [0.5, 0.6) is 0 Å². The zero-order valence-electron chi connectivity index (χ0n) is 18.4. The predicted octanol–water partition coefficient (Wildman–Crippen LogP) is 1.53. The van der Waals surface area contributed by atoms with Gasteiger partial charge >= 0.3 is 5.76 Å². The Kier molecular flexibility index (Phi) is 5.05. The summed E-state index contributed by atoms with van der Waals surface area (Å²) < 4.78 is 34.5. The molecule has 0 bridgehead atoms. The molecule has 0 saturated carbocycles. The van der Waals surface area contributed by atoms with Crippen molar-refractivity contribution >= 4 is 26.9 Å². The van der Waals surface area contributed by atoms with E-state index in [4.69, 9.17) is 4.42 Å². The lowest BCUT2D eigenvalue weighted by Gasteiger charge is -2.34. The Morgan fingerprint density at radius 3 is 2.39 bits per heavy atom. The molecule has 4 heterocycles. The van der Waals surface area contributed by atoms with Crippen molar-refractivity contribution in [2.75, 3.05) is 31.1 Å². The molecule has 5 rings (SSSR count). The third-order valence-corrected chi connectivity index (χ3v) is 7.52. The van der Waals surface area contributed by atoms with Crippen molar-refractivity contribution in [3.8, 4) is 5.82 Å². The number of nitrogens with one attached hydrogen (secondary N) is 1. The molecular weight excluding hydrogens is 446 g/mol. The third kappa shape index (κ3) is 3.91. The number of nitrogens with zero attached hydrogens (tertiary/aromatic N) is 6. The number of aryl methyl sites for hydroxylation is 3. The summed E-state index contributed by atoms with van der Waals surface area (Å²) in [6, 6.07) is 8.23. The number of rotatable bonds is 4. The Labute approximate surface area is 189 Å². The normalized spacial score (nSPS) is 15.4. The number of anilines is 1. The largest absolute Gasteiger partial charge is 0.417 e. The molecule has 0 radical (unpaired) electrons. The van der Waals surface area contributed by atoms with E-state index in [-0.39, 0.29) is 4.90 Å². The second-order valence-electron chi connectivity index (χ2n) is 8.03. The molecule has 0 amide bonds. The van der Waals surface area contributed by atoms with Crippen LogP contribution in [0.15, 0.2) is 44.4 Å². The van der Waals surface area contributed by atoms with Gasteiger partial charge in [0.1, 0.15) is 11.6 Å². The van der Waals surface area contributed by atoms with Gasteiger partial charge in [-0.25, -0.2) is 27.9 Å². The molecule has 1 aliphatic heterocycles. The van der Waals surface area contributed by atoms with Gasteiger partial charge in [-0.05, 0) is 45.0 Å². The smallest absolute Gasteiger partial charge is 0.408 e. The summed E-state index contributed by atoms with van der Waals surface area (Å²) in [7, 11) is -3.72. The molecule has 0 unspecified atom stereocenters. The minimum atomic E-state index is -3.72. The van der Waals surface area contributed by atoms with Crippen molar-refractivity contribution in [1.82, 2.24) is 29.0 Å². The predicted molar refractivity (Wildman–Crippen MR) is 121 cm³/mol. The molecule has 1 saturated heterocycles. The van der Waals surface area contributed by atoms with Crippen LogP contribution < -0.4 is 10.7 Å². The number of hydrogen-bond donors (Lipinski definition) is 1. The van der Waals surface area contributed by atoms with E-state index in [2.05, 4.69) is 20.1 Å². The fraction of sp³-hybridized carbons (Fsp3) is 0.333. The summed E-state index contributed by atoms with van der Waals surface area (Å²) in [6.45, 7) is 7.31. The Bertz CT molecular complexity index is 1510. The Morgan fingerprint density at radius 2 is 1.70 bits per heavy atom. The zero-order valence-corrected chi connectivity index (χ0v) is 19.3. The molecule has 0 atom stereocenters. The Hall–Kier alpha value is -3.51. The number of oxazole rings is 1. The van der Waals surface area contributed by atoms with Crippen LogP contribution in [0.1, 0.15) is 17.2 Å². The molecule has 1 aromatic carbocycles. The van der Waals surface area contributed by atoms with E-state index in [9.17, 15) is 13.2 Å². The standard InChI is InChI=1S/C21H23N7O4S/c1-13-10-14(2)28(25-13)20-12-19(22-15(3)23-20)26-6-8-27(9-7-26)33(30,31)16-4-5-18-17(11-16)24-21(29)32-18/h4-5,10-12H,6-9H2,1-3H3,(H,24,29). The van der Waals surface area contributed by atoms with Crippen molar-refractivity contribution in [3.05, 3.63) is 58.1 Å². The summed E-state index contributed by atoms with van der Waals surface area (Å²) in [5.41, 5.74) is 2.55. The first kappa shape index (κ1) is 21.3. The highest BCUT2D eigenvalue weighted by Crippen LogP contribution is 2.24. The Balaban J connectivity index is 1.36. The van der Waals surface area contributed by atoms with Crippen LogP contribution in [0.3, 0.4) is 0 Å². The average Bonchev–Trinajstić information content (AvgIpc) is 3.32. The average molecular weight is 470 g/mol. The van der Waals surface area contributed by atoms with Crippen LogP contribution in [0.4, 0.5) is 5.82 Å². The van der Waals surface area contributed by atoms with Crippen LogP contribution in [0.2, 0.25) is 0 Å². The number of piperazine rings is 1. The van der Waals surface area contributed by atoms with Crippen molar-refractivity contribution < 1.29 is 12.8 Å². The number of benzene rings is 1. The molecule has 0 aliphatic carbocycles. The molecule has 1 aliphatic rings. The highest BCUT2D eigenvalue weighted by atomic mass is 32.2. The van der Waals surface area contributed by atoms with Gasteiger partial charge < -0.3 is 9.32 Å². The summed E-state index contributed by atoms with van der Waals surface area (Å²) >= 11 is 0. The molecule has 1 fully saturated rings. The lowest BCUT2D eigenvalue weighted by Crippen LogP contribution is -2.49. The van der Waals surface area contributed by atoms with Gasteiger partial charge in [0.05, 0.1) is 16.1 Å². The van der Waals surface area contributed by atoms with Gasteiger partial charge in [0.25, 0.3) is 0 Å². The maximum Gasteiger partial charge on any atom is 0.417 e. The fourth-order valence-corrected chi connectivity index (χ4v) is 5.52. The molecule has 4 aromatic rings. The number of hydrogen-bond acceptors (Lipinski definition) is 8. The van der Waals surface area contributed by atoms with Crippen LogP contribution >= 0.6 is 0 Å². The molecule has 12 heteroatoms. The first-order chi connectivity index (χ1) is 15.7. The fourth-order valence-electron chi connectivity index (χ4n) is 4.07. The molecule has 3 aromatic heterocycles. The number of sulfonamides is 1. The van der Waals surface area contributed by atoms with E-state index < -0.39 is 15.8 Å². The minimum absolute atomic E-state index is 0.116. The van der Waals surface area contributed by atoms with Gasteiger partial charge in [-0.1, -0.05) is 0 Å². The van der Waals surface area contributed by atoms with Crippen molar-refractivity contribution in [3.63, 3.8) is 0 Å². The van der Waals surface area contributed by atoms with Crippen molar-refractivity contribution in [2.24, 2.45) is 0 Å². The summed E-state index contributed by atoms with van der Waals surface area (Å²) in [4.78, 5) is 25.1.